The van der Waals surface area contributed by atoms with E-state index in [1.165, 1.54) is 0 Å². The van der Waals surface area contributed by atoms with Crippen LogP contribution >= 0.6 is 0 Å². The predicted molar refractivity (Wildman–Crippen MR) is 139 cm³/mol. The van der Waals surface area contributed by atoms with Crippen molar-refractivity contribution >= 4 is 34.4 Å². The minimum atomic E-state index is -0.320. The van der Waals surface area contributed by atoms with E-state index in [4.69, 9.17) is 4.42 Å². The topological polar surface area (TPSA) is 109 Å². The maximum Gasteiger partial charge on any atom is 0.291 e. The number of rotatable bonds is 7. The van der Waals surface area contributed by atoms with Crippen molar-refractivity contribution in [2.75, 3.05) is 25.0 Å². The molecule has 0 spiro atoms. The molecule has 0 radical (unpaired) electrons. The van der Waals surface area contributed by atoms with Crippen molar-refractivity contribution in [2.24, 2.45) is 13.0 Å². The van der Waals surface area contributed by atoms with E-state index in [0.717, 1.165) is 23.8 Å². The highest BCUT2D eigenvalue weighted by molar-refractivity contribution is 6.04. The number of furan rings is 1. The first-order chi connectivity index (χ1) is 17.9. The summed E-state index contributed by atoms with van der Waals surface area (Å²) in [6.45, 7) is 1.95. The second-order valence-corrected chi connectivity index (χ2v) is 9.41. The third-order valence-electron chi connectivity index (χ3n) is 6.70. The zero-order valence-electron chi connectivity index (χ0n) is 20.6. The quantitative estimate of drug-likeness (QED) is 0.404. The lowest BCUT2D eigenvalue weighted by atomic mass is 9.96. The van der Waals surface area contributed by atoms with Crippen LogP contribution in [0.25, 0.3) is 11.0 Å². The average molecular weight is 500 g/mol. The van der Waals surface area contributed by atoms with E-state index in [-0.39, 0.29) is 23.5 Å². The molecule has 1 saturated heterocycles. The third kappa shape index (κ3) is 5.88. The number of nitrogens with one attached hydrogen (secondary N) is 2. The fourth-order valence-corrected chi connectivity index (χ4v) is 4.54. The molecule has 1 aliphatic rings. The van der Waals surface area contributed by atoms with E-state index in [1.54, 1.807) is 42.3 Å². The van der Waals surface area contributed by atoms with Crippen LogP contribution in [0.3, 0.4) is 0 Å². The van der Waals surface area contributed by atoms with Gasteiger partial charge in [-0.1, -0.05) is 30.3 Å². The van der Waals surface area contributed by atoms with Crippen LogP contribution in [-0.4, -0.2) is 52.0 Å². The molecular weight excluding hydrogens is 470 g/mol. The highest BCUT2D eigenvalue weighted by atomic mass is 16.3. The maximum atomic E-state index is 12.8. The van der Waals surface area contributed by atoms with Gasteiger partial charge in [-0.25, -0.2) is 0 Å². The van der Waals surface area contributed by atoms with E-state index < -0.39 is 0 Å². The number of carbonyl (C=O) groups is 3. The molecule has 4 aromatic rings. The fraction of sp³-hybridized carbons (Fsp3) is 0.286. The first-order valence-electron chi connectivity index (χ1n) is 12.4. The van der Waals surface area contributed by atoms with Gasteiger partial charge in [0.05, 0.1) is 18.2 Å². The van der Waals surface area contributed by atoms with Gasteiger partial charge in [0.2, 0.25) is 5.91 Å². The molecule has 1 aliphatic heterocycles. The number of nitrogens with zero attached hydrogens (tertiary/aromatic N) is 3. The third-order valence-corrected chi connectivity index (χ3v) is 6.70. The van der Waals surface area contributed by atoms with Gasteiger partial charge < -0.3 is 20.0 Å². The molecule has 3 heterocycles. The first-order valence-corrected chi connectivity index (χ1v) is 12.4. The number of hydrogen-bond acceptors (Lipinski definition) is 5. The number of piperidine rings is 1. The van der Waals surface area contributed by atoms with Gasteiger partial charge in [0.25, 0.3) is 11.8 Å². The second kappa shape index (κ2) is 10.7. The van der Waals surface area contributed by atoms with Gasteiger partial charge >= 0.3 is 0 Å². The van der Waals surface area contributed by atoms with Crippen LogP contribution in [0.4, 0.5) is 5.69 Å². The summed E-state index contributed by atoms with van der Waals surface area (Å²) in [5, 5.41) is 10.7. The summed E-state index contributed by atoms with van der Waals surface area (Å²) in [5.74, 6) is 0.236. The number of aryl methyl sites for hydroxylation is 1. The second-order valence-electron chi connectivity index (χ2n) is 9.41. The number of likely N-dealkylation sites (tertiary alicyclic amines) is 1. The zero-order valence-corrected chi connectivity index (χ0v) is 20.6. The number of anilines is 1. The minimum Gasteiger partial charge on any atom is -0.451 e. The van der Waals surface area contributed by atoms with Gasteiger partial charge in [-0.2, -0.15) is 5.10 Å². The van der Waals surface area contributed by atoms with Crippen molar-refractivity contribution < 1.29 is 18.8 Å². The van der Waals surface area contributed by atoms with Gasteiger partial charge in [0.1, 0.15) is 5.58 Å². The molecule has 2 N–H and O–H groups in total. The van der Waals surface area contributed by atoms with E-state index in [0.29, 0.717) is 48.8 Å². The van der Waals surface area contributed by atoms with Crippen LogP contribution in [0.1, 0.15) is 39.3 Å². The Hall–Kier alpha value is -4.40. The molecule has 9 nitrogen and oxygen atoms in total. The lowest BCUT2D eigenvalue weighted by molar-refractivity contribution is -0.131. The van der Waals surface area contributed by atoms with Crippen molar-refractivity contribution in [2.45, 2.75) is 19.3 Å². The van der Waals surface area contributed by atoms with Gasteiger partial charge in [0.15, 0.2) is 5.76 Å². The molecule has 1 fully saturated rings. The molecule has 0 atom stereocenters. The molecule has 2 aromatic carbocycles. The largest absolute Gasteiger partial charge is 0.451 e. The molecule has 0 unspecified atom stereocenters. The van der Waals surface area contributed by atoms with Crippen LogP contribution in [-0.2, 0) is 18.3 Å². The molecule has 0 aliphatic carbocycles. The Balaban J connectivity index is 1.07. The summed E-state index contributed by atoms with van der Waals surface area (Å²) in [6, 6.07) is 16.5. The smallest absolute Gasteiger partial charge is 0.291 e. The van der Waals surface area contributed by atoms with E-state index in [9.17, 15) is 14.4 Å². The number of benzene rings is 2. The minimum absolute atomic E-state index is 0.0805. The number of aromatic nitrogens is 2. The number of carbonyl (C=O) groups excluding carboxylic acids is 3. The average Bonchev–Trinajstić information content (AvgIpc) is 3.55. The van der Waals surface area contributed by atoms with E-state index in [1.807, 2.05) is 41.3 Å². The summed E-state index contributed by atoms with van der Waals surface area (Å²) in [7, 11) is 1.78. The SMILES string of the molecule is Cn1cc(C(=O)NCC2CCN(C(=O)Cc3ccc(NC(=O)c4cc5ccccc5o4)cc3)CC2)cn1. The molecular formula is C28H29N5O4. The molecule has 9 heteroatoms. The van der Waals surface area contributed by atoms with Crippen LogP contribution < -0.4 is 10.6 Å². The Bertz CT molecular complexity index is 1380. The molecule has 0 saturated carbocycles. The normalized spacial score (nSPS) is 14.0. The first kappa shape index (κ1) is 24.3. The van der Waals surface area contributed by atoms with Gasteiger partial charge in [-0.05, 0) is 48.6 Å². The van der Waals surface area contributed by atoms with Gasteiger partial charge in [0, 0.05) is 44.0 Å². The van der Waals surface area contributed by atoms with Crippen molar-refractivity contribution in [1.82, 2.24) is 20.0 Å². The van der Waals surface area contributed by atoms with Crippen LogP contribution in [0.5, 0.6) is 0 Å². The standard InChI is InChI=1S/C28H29N5O4/c1-32-18-22(17-30-32)27(35)29-16-20-10-12-33(13-11-20)26(34)14-19-6-8-23(9-7-19)31-28(36)25-15-21-4-2-3-5-24(21)37-25/h2-9,15,17-18,20H,10-14,16H2,1H3,(H,29,35)(H,31,36). The van der Waals surface area contributed by atoms with Crippen LogP contribution in [0.2, 0.25) is 0 Å². The van der Waals surface area contributed by atoms with Crippen LogP contribution in [0, 0.1) is 5.92 Å². The fourth-order valence-electron chi connectivity index (χ4n) is 4.54. The monoisotopic (exact) mass is 499 g/mol. The molecule has 37 heavy (non-hydrogen) atoms. The Morgan fingerprint density at radius 1 is 1.03 bits per heavy atom. The van der Waals surface area contributed by atoms with E-state index >= 15 is 0 Å². The Morgan fingerprint density at radius 2 is 1.78 bits per heavy atom. The molecule has 190 valence electrons. The van der Waals surface area contributed by atoms with Gasteiger partial charge in [-0.15, -0.1) is 0 Å². The predicted octanol–water partition coefficient (Wildman–Crippen LogP) is 3.63. The molecule has 0 bridgehead atoms. The number of para-hydroxylation sites is 1. The molecule has 5 rings (SSSR count). The lowest BCUT2D eigenvalue weighted by Gasteiger charge is -2.32. The lowest BCUT2D eigenvalue weighted by Crippen LogP contribution is -2.42. The summed E-state index contributed by atoms with van der Waals surface area (Å²) in [4.78, 5) is 39.5. The summed E-state index contributed by atoms with van der Waals surface area (Å²) in [5.41, 5.74) is 2.74. The summed E-state index contributed by atoms with van der Waals surface area (Å²) in [6.07, 6.45) is 5.26. The van der Waals surface area contributed by atoms with Crippen molar-refractivity contribution in [1.29, 1.82) is 0 Å². The number of amides is 3. The van der Waals surface area contributed by atoms with Crippen molar-refractivity contribution in [3.8, 4) is 0 Å². The highest BCUT2D eigenvalue weighted by Gasteiger charge is 2.23. The maximum absolute atomic E-state index is 12.8. The summed E-state index contributed by atoms with van der Waals surface area (Å²) < 4.78 is 7.22. The molecule has 2 aromatic heterocycles. The van der Waals surface area contributed by atoms with Gasteiger partial charge in [-0.3, -0.25) is 19.1 Å². The highest BCUT2D eigenvalue weighted by Crippen LogP contribution is 2.21. The van der Waals surface area contributed by atoms with Crippen LogP contribution in [0.15, 0.2) is 71.4 Å². The van der Waals surface area contributed by atoms with Crippen molar-refractivity contribution in [3.63, 3.8) is 0 Å². The van der Waals surface area contributed by atoms with Crippen molar-refractivity contribution in [3.05, 3.63) is 83.9 Å². The Morgan fingerprint density at radius 3 is 2.49 bits per heavy atom. The summed E-state index contributed by atoms with van der Waals surface area (Å²) >= 11 is 0. The molecule has 3 amide bonds. The number of hydrogen-bond donors (Lipinski definition) is 2. The van der Waals surface area contributed by atoms with E-state index in [2.05, 4.69) is 15.7 Å². The Labute approximate surface area is 214 Å². The number of fused-ring (bicyclic) bond motifs is 1. The zero-order chi connectivity index (χ0) is 25.8. The Kier molecular flexibility index (Phi) is 7.02.